The normalized spacial score (nSPS) is 10.5. The van der Waals surface area contributed by atoms with Crippen LogP contribution in [0.3, 0.4) is 0 Å². The van der Waals surface area contributed by atoms with Gasteiger partial charge >= 0.3 is 0 Å². The van der Waals surface area contributed by atoms with E-state index < -0.39 is 0 Å². The zero-order valence-corrected chi connectivity index (χ0v) is 17.4. The minimum atomic E-state index is -0.0122. The van der Waals surface area contributed by atoms with Crippen LogP contribution in [0.5, 0.6) is 11.5 Å². The Morgan fingerprint density at radius 3 is 2.64 bits per heavy atom. The van der Waals surface area contributed by atoms with Crippen LogP contribution in [0, 0.1) is 0 Å². The number of hydrogen-bond donors (Lipinski definition) is 1. The number of hydrogen-bond acceptors (Lipinski definition) is 6. The first-order valence-electron chi connectivity index (χ1n) is 8.85. The zero-order chi connectivity index (χ0) is 19.8. The van der Waals surface area contributed by atoms with Crippen LogP contribution in [-0.2, 0) is 4.79 Å². The van der Waals surface area contributed by atoms with Crippen molar-refractivity contribution in [1.82, 2.24) is 4.98 Å². The van der Waals surface area contributed by atoms with Gasteiger partial charge in [0.15, 0.2) is 16.6 Å². The Bertz CT molecular complexity index is 913. The van der Waals surface area contributed by atoms with Crippen LogP contribution in [0.1, 0.15) is 12.8 Å². The lowest BCUT2D eigenvalue weighted by Crippen LogP contribution is -2.11. The van der Waals surface area contributed by atoms with Crippen LogP contribution in [0.4, 0.5) is 5.13 Å². The van der Waals surface area contributed by atoms with E-state index in [9.17, 15) is 4.79 Å². The number of aromatic nitrogens is 1. The zero-order valence-electron chi connectivity index (χ0n) is 15.8. The van der Waals surface area contributed by atoms with Crippen LogP contribution < -0.4 is 14.8 Å². The molecule has 0 fully saturated rings. The van der Waals surface area contributed by atoms with E-state index in [0.717, 1.165) is 23.4 Å². The van der Waals surface area contributed by atoms with Crippen molar-refractivity contribution in [3.63, 3.8) is 0 Å². The highest BCUT2D eigenvalue weighted by Crippen LogP contribution is 2.33. The molecule has 0 aliphatic heterocycles. The van der Waals surface area contributed by atoms with Crippen molar-refractivity contribution in [2.45, 2.75) is 17.7 Å². The number of rotatable bonds is 9. The Morgan fingerprint density at radius 2 is 1.89 bits per heavy atom. The summed E-state index contributed by atoms with van der Waals surface area (Å²) in [6.45, 7) is 0. The standard InChI is InChI=1S/C21H22N2O3S2/c1-25-18-11-10-15(13-19(18)26-2)17-14-28-21(22-17)23-20(24)9-6-12-27-16-7-4-3-5-8-16/h3-5,7-8,10-11,13-14H,6,9,12H2,1-2H3,(H,22,23,24). The minimum absolute atomic E-state index is 0.0122. The van der Waals surface area contributed by atoms with E-state index in [0.29, 0.717) is 23.1 Å². The SMILES string of the molecule is COc1ccc(-c2csc(NC(=O)CCCSc3ccccc3)n2)cc1OC. The fraction of sp³-hybridized carbons (Fsp3) is 0.238. The quantitative estimate of drug-likeness (QED) is 0.378. The number of amides is 1. The molecule has 0 aliphatic carbocycles. The molecular weight excluding hydrogens is 392 g/mol. The molecular formula is C21H22N2O3S2. The molecule has 1 amide bonds. The number of carbonyl (C=O) groups is 1. The Morgan fingerprint density at radius 1 is 1.11 bits per heavy atom. The number of carbonyl (C=O) groups excluding carboxylic acids is 1. The summed E-state index contributed by atoms with van der Waals surface area (Å²) in [5.41, 5.74) is 1.70. The second kappa shape index (κ2) is 10.1. The summed E-state index contributed by atoms with van der Waals surface area (Å²) < 4.78 is 10.6. The largest absolute Gasteiger partial charge is 0.493 e. The number of nitrogens with zero attached hydrogens (tertiary/aromatic N) is 1. The van der Waals surface area contributed by atoms with Crippen LogP contribution in [0.25, 0.3) is 11.3 Å². The Labute approximate surface area is 173 Å². The van der Waals surface area contributed by atoms with Gasteiger partial charge in [-0.15, -0.1) is 23.1 Å². The molecule has 1 N–H and O–H groups in total. The highest BCUT2D eigenvalue weighted by atomic mass is 32.2. The maximum atomic E-state index is 12.2. The molecule has 0 atom stereocenters. The molecule has 0 aliphatic rings. The van der Waals surface area contributed by atoms with E-state index in [2.05, 4.69) is 22.4 Å². The number of methoxy groups -OCH3 is 2. The van der Waals surface area contributed by atoms with Crippen molar-refractivity contribution < 1.29 is 14.3 Å². The Hall–Kier alpha value is -2.51. The summed E-state index contributed by atoms with van der Waals surface area (Å²) >= 11 is 3.17. The molecule has 146 valence electrons. The number of nitrogens with one attached hydrogen (secondary N) is 1. The molecule has 0 spiro atoms. The van der Waals surface area contributed by atoms with E-state index in [1.165, 1.54) is 16.2 Å². The van der Waals surface area contributed by atoms with Crippen LogP contribution >= 0.6 is 23.1 Å². The Kier molecular flexibility index (Phi) is 7.33. The van der Waals surface area contributed by atoms with Crippen molar-refractivity contribution in [2.24, 2.45) is 0 Å². The lowest BCUT2D eigenvalue weighted by atomic mass is 10.1. The maximum Gasteiger partial charge on any atom is 0.226 e. The molecule has 0 unspecified atom stereocenters. The first-order chi connectivity index (χ1) is 13.7. The second-order valence-electron chi connectivity index (χ2n) is 5.92. The smallest absolute Gasteiger partial charge is 0.226 e. The molecule has 1 aromatic heterocycles. The molecule has 28 heavy (non-hydrogen) atoms. The molecule has 0 bridgehead atoms. The van der Waals surface area contributed by atoms with Crippen molar-refractivity contribution in [3.05, 3.63) is 53.9 Å². The van der Waals surface area contributed by atoms with Crippen molar-refractivity contribution >= 4 is 34.1 Å². The van der Waals surface area contributed by atoms with Gasteiger partial charge < -0.3 is 14.8 Å². The lowest BCUT2D eigenvalue weighted by molar-refractivity contribution is -0.116. The summed E-state index contributed by atoms with van der Waals surface area (Å²) in [5.74, 6) is 2.21. The average Bonchev–Trinajstić information content (AvgIpc) is 3.19. The van der Waals surface area contributed by atoms with Crippen LogP contribution in [0.2, 0.25) is 0 Å². The van der Waals surface area contributed by atoms with Gasteiger partial charge in [-0.2, -0.15) is 0 Å². The highest BCUT2D eigenvalue weighted by molar-refractivity contribution is 7.99. The lowest BCUT2D eigenvalue weighted by Gasteiger charge is -2.08. The summed E-state index contributed by atoms with van der Waals surface area (Å²) in [5, 5.41) is 5.41. The maximum absolute atomic E-state index is 12.2. The van der Waals surface area contributed by atoms with Gasteiger partial charge in [-0.1, -0.05) is 18.2 Å². The first-order valence-corrected chi connectivity index (χ1v) is 10.7. The van der Waals surface area contributed by atoms with E-state index >= 15 is 0 Å². The summed E-state index contributed by atoms with van der Waals surface area (Å²) in [4.78, 5) is 17.9. The van der Waals surface area contributed by atoms with Gasteiger partial charge in [-0.05, 0) is 42.5 Å². The summed E-state index contributed by atoms with van der Waals surface area (Å²) in [6.07, 6.45) is 1.30. The van der Waals surface area contributed by atoms with Crippen molar-refractivity contribution in [1.29, 1.82) is 0 Å². The predicted molar refractivity (Wildman–Crippen MR) is 116 cm³/mol. The molecule has 3 rings (SSSR count). The average molecular weight is 415 g/mol. The molecule has 7 heteroatoms. The van der Waals surface area contributed by atoms with Crippen LogP contribution in [0.15, 0.2) is 58.8 Å². The molecule has 2 aromatic carbocycles. The minimum Gasteiger partial charge on any atom is -0.493 e. The topological polar surface area (TPSA) is 60.5 Å². The van der Waals surface area contributed by atoms with Gasteiger partial charge in [-0.3, -0.25) is 4.79 Å². The van der Waals surface area contributed by atoms with Gasteiger partial charge in [0.2, 0.25) is 5.91 Å². The third-order valence-corrected chi connectivity index (χ3v) is 5.85. The fourth-order valence-corrected chi connectivity index (χ4v) is 4.19. The molecule has 0 saturated carbocycles. The molecule has 5 nitrogen and oxygen atoms in total. The number of ether oxygens (including phenoxy) is 2. The third-order valence-electron chi connectivity index (χ3n) is 3.99. The predicted octanol–water partition coefficient (Wildman–Crippen LogP) is 5.34. The van der Waals surface area contributed by atoms with Gasteiger partial charge in [0.1, 0.15) is 0 Å². The first kappa shape index (κ1) is 20.2. The van der Waals surface area contributed by atoms with E-state index in [4.69, 9.17) is 9.47 Å². The van der Waals surface area contributed by atoms with Crippen molar-refractivity contribution in [2.75, 3.05) is 25.3 Å². The van der Waals surface area contributed by atoms with Gasteiger partial charge in [-0.25, -0.2) is 4.98 Å². The highest BCUT2D eigenvalue weighted by Gasteiger charge is 2.11. The van der Waals surface area contributed by atoms with Crippen LogP contribution in [-0.4, -0.2) is 30.9 Å². The second-order valence-corrected chi connectivity index (χ2v) is 7.95. The monoisotopic (exact) mass is 414 g/mol. The third kappa shape index (κ3) is 5.50. The van der Waals surface area contributed by atoms with E-state index in [1.807, 2.05) is 41.8 Å². The molecule has 0 radical (unpaired) electrons. The van der Waals surface area contributed by atoms with E-state index in [1.54, 1.807) is 26.0 Å². The number of thiazole rings is 1. The fourth-order valence-electron chi connectivity index (χ4n) is 2.58. The van der Waals surface area contributed by atoms with Gasteiger partial charge in [0, 0.05) is 22.3 Å². The molecule has 3 aromatic rings. The van der Waals surface area contributed by atoms with E-state index in [-0.39, 0.29) is 5.91 Å². The Balaban J connectivity index is 1.50. The summed E-state index contributed by atoms with van der Waals surface area (Å²) in [7, 11) is 3.21. The van der Waals surface area contributed by atoms with Crippen molar-refractivity contribution in [3.8, 4) is 22.8 Å². The molecule has 0 saturated heterocycles. The molecule has 1 heterocycles. The van der Waals surface area contributed by atoms with Gasteiger partial charge in [0.25, 0.3) is 0 Å². The number of anilines is 1. The van der Waals surface area contributed by atoms with Gasteiger partial charge in [0.05, 0.1) is 19.9 Å². The number of benzene rings is 2. The summed E-state index contributed by atoms with van der Waals surface area (Å²) in [6, 6.07) is 15.8. The number of thioether (sulfide) groups is 1.